The lowest BCUT2D eigenvalue weighted by Crippen LogP contribution is -2.51. The first kappa shape index (κ1) is 18.5. The summed E-state index contributed by atoms with van der Waals surface area (Å²) in [5.74, 6) is -0.221. The molecule has 2 N–H and O–H groups in total. The minimum absolute atomic E-state index is 0. The summed E-state index contributed by atoms with van der Waals surface area (Å²) in [5, 5.41) is 6.41. The highest BCUT2D eigenvalue weighted by molar-refractivity contribution is 5.99. The number of rotatable bonds is 3. The van der Waals surface area contributed by atoms with Crippen LogP contribution in [0, 0.1) is 0 Å². The molecule has 2 unspecified atom stereocenters. The van der Waals surface area contributed by atoms with Gasteiger partial charge in [-0.1, -0.05) is 6.07 Å². The van der Waals surface area contributed by atoms with Crippen LogP contribution in [0.25, 0.3) is 0 Å². The number of benzene rings is 1. The van der Waals surface area contributed by atoms with Crippen LogP contribution in [0.5, 0.6) is 0 Å². The van der Waals surface area contributed by atoms with Gasteiger partial charge >= 0.3 is 0 Å². The Labute approximate surface area is 137 Å². The van der Waals surface area contributed by atoms with Crippen LogP contribution in [-0.2, 0) is 0 Å². The largest absolute Gasteiger partial charge is 0.348 e. The lowest BCUT2D eigenvalue weighted by Gasteiger charge is -2.30. The number of nitrogens with zero attached hydrogens (tertiary/aromatic N) is 1. The van der Waals surface area contributed by atoms with Gasteiger partial charge < -0.3 is 15.5 Å². The predicted molar refractivity (Wildman–Crippen MR) is 89.7 cm³/mol. The Balaban J connectivity index is 0.00000242. The third-order valence-electron chi connectivity index (χ3n) is 3.86. The summed E-state index contributed by atoms with van der Waals surface area (Å²) in [6.07, 6.45) is 2.05. The quantitative estimate of drug-likeness (QED) is 0.889. The van der Waals surface area contributed by atoms with E-state index in [-0.39, 0.29) is 36.3 Å². The number of hydrogen-bond donors (Lipinski definition) is 2. The van der Waals surface area contributed by atoms with E-state index in [4.69, 9.17) is 0 Å². The number of carbonyl (C=O) groups excluding carboxylic acids is 2. The summed E-state index contributed by atoms with van der Waals surface area (Å²) >= 11 is 0. The van der Waals surface area contributed by atoms with Crippen LogP contribution in [0.1, 0.15) is 40.5 Å². The summed E-state index contributed by atoms with van der Waals surface area (Å²) in [4.78, 5) is 25.8. The molecule has 1 aliphatic rings. The lowest BCUT2D eigenvalue weighted by molar-refractivity contribution is 0.0827. The van der Waals surface area contributed by atoms with Crippen molar-refractivity contribution in [1.29, 1.82) is 0 Å². The van der Waals surface area contributed by atoms with Gasteiger partial charge in [0.25, 0.3) is 11.8 Å². The van der Waals surface area contributed by atoms with Crippen molar-refractivity contribution < 1.29 is 9.59 Å². The maximum absolute atomic E-state index is 12.3. The van der Waals surface area contributed by atoms with Gasteiger partial charge in [-0.25, -0.2) is 0 Å². The number of nitrogens with one attached hydrogen (secondary N) is 2. The normalized spacial score (nSPS) is 20.7. The number of carbonyl (C=O) groups is 2. The Kier molecular flexibility index (Phi) is 6.84. The molecule has 2 rings (SSSR count). The van der Waals surface area contributed by atoms with Gasteiger partial charge in [0.1, 0.15) is 0 Å². The van der Waals surface area contributed by atoms with Gasteiger partial charge in [-0.3, -0.25) is 9.59 Å². The van der Waals surface area contributed by atoms with E-state index in [1.54, 1.807) is 38.4 Å². The molecule has 0 spiro atoms. The third kappa shape index (κ3) is 4.45. The summed E-state index contributed by atoms with van der Waals surface area (Å²) in [6.45, 7) is 3.08. The monoisotopic (exact) mass is 325 g/mol. The molecular weight excluding hydrogens is 302 g/mol. The molecule has 2 atom stereocenters. The molecule has 6 heteroatoms. The first-order valence-electron chi connectivity index (χ1n) is 7.35. The van der Waals surface area contributed by atoms with Crippen LogP contribution in [-0.4, -0.2) is 49.4 Å². The Hall–Kier alpha value is -1.59. The molecule has 1 saturated heterocycles. The molecule has 2 amide bonds. The average molecular weight is 326 g/mol. The Morgan fingerprint density at radius 3 is 2.59 bits per heavy atom. The fourth-order valence-corrected chi connectivity index (χ4v) is 2.54. The summed E-state index contributed by atoms with van der Waals surface area (Å²) in [6, 6.07) is 7.27. The van der Waals surface area contributed by atoms with Gasteiger partial charge in [0, 0.05) is 37.3 Å². The second kappa shape index (κ2) is 8.15. The smallest absolute Gasteiger partial charge is 0.253 e. The van der Waals surface area contributed by atoms with E-state index in [0.29, 0.717) is 11.1 Å². The van der Waals surface area contributed by atoms with Gasteiger partial charge in [-0.15, -0.1) is 12.4 Å². The van der Waals surface area contributed by atoms with E-state index in [1.807, 2.05) is 0 Å². The Morgan fingerprint density at radius 1 is 1.27 bits per heavy atom. The van der Waals surface area contributed by atoms with E-state index in [1.165, 1.54) is 4.90 Å². The first-order valence-corrected chi connectivity index (χ1v) is 7.35. The maximum atomic E-state index is 12.3. The molecule has 122 valence electrons. The molecule has 0 bridgehead atoms. The fourth-order valence-electron chi connectivity index (χ4n) is 2.54. The molecule has 1 heterocycles. The van der Waals surface area contributed by atoms with E-state index < -0.39 is 0 Å². The molecular formula is C16H24ClN3O2. The van der Waals surface area contributed by atoms with Crippen molar-refractivity contribution in [2.45, 2.75) is 31.8 Å². The number of piperidine rings is 1. The van der Waals surface area contributed by atoms with Crippen LogP contribution in [0.2, 0.25) is 0 Å². The number of hydrogen-bond acceptors (Lipinski definition) is 3. The van der Waals surface area contributed by atoms with Crippen molar-refractivity contribution >= 4 is 24.2 Å². The minimum atomic E-state index is -0.121. The van der Waals surface area contributed by atoms with Gasteiger partial charge in [0.15, 0.2) is 0 Å². The van der Waals surface area contributed by atoms with Crippen molar-refractivity contribution in [3.05, 3.63) is 35.4 Å². The van der Waals surface area contributed by atoms with Crippen molar-refractivity contribution in [3.8, 4) is 0 Å². The molecule has 1 fully saturated rings. The summed E-state index contributed by atoms with van der Waals surface area (Å²) in [5.41, 5.74) is 1.06. The highest BCUT2D eigenvalue weighted by Crippen LogP contribution is 2.11. The SMILES string of the molecule is CC1NCCCC1NC(=O)c1cccc(C(=O)N(C)C)c1.Cl. The van der Waals surface area contributed by atoms with Gasteiger partial charge in [-0.05, 0) is 44.5 Å². The highest BCUT2D eigenvalue weighted by atomic mass is 35.5. The molecule has 5 nitrogen and oxygen atoms in total. The molecule has 1 aliphatic heterocycles. The second-order valence-electron chi connectivity index (χ2n) is 5.75. The average Bonchev–Trinajstić information content (AvgIpc) is 2.48. The molecule has 0 aliphatic carbocycles. The summed E-state index contributed by atoms with van der Waals surface area (Å²) in [7, 11) is 3.40. The second-order valence-corrected chi connectivity index (χ2v) is 5.75. The van der Waals surface area contributed by atoms with E-state index in [0.717, 1.165) is 19.4 Å². The van der Waals surface area contributed by atoms with Gasteiger partial charge in [-0.2, -0.15) is 0 Å². The highest BCUT2D eigenvalue weighted by Gasteiger charge is 2.23. The summed E-state index contributed by atoms with van der Waals surface area (Å²) < 4.78 is 0. The van der Waals surface area contributed by atoms with Gasteiger partial charge in [0.2, 0.25) is 0 Å². The standard InChI is InChI=1S/C16H23N3O2.ClH/c1-11-14(8-5-9-17-11)18-15(20)12-6-4-7-13(10-12)16(21)19(2)3;/h4,6-7,10-11,14,17H,5,8-9H2,1-3H3,(H,18,20);1H. The molecule has 1 aromatic carbocycles. The van der Waals surface area contributed by atoms with Crippen LogP contribution in [0.3, 0.4) is 0 Å². The van der Waals surface area contributed by atoms with Crippen molar-refractivity contribution in [2.75, 3.05) is 20.6 Å². The maximum Gasteiger partial charge on any atom is 0.253 e. The van der Waals surface area contributed by atoms with E-state index in [2.05, 4.69) is 17.6 Å². The third-order valence-corrected chi connectivity index (χ3v) is 3.86. The van der Waals surface area contributed by atoms with E-state index >= 15 is 0 Å². The zero-order chi connectivity index (χ0) is 15.4. The molecule has 0 saturated carbocycles. The van der Waals surface area contributed by atoms with Crippen LogP contribution < -0.4 is 10.6 Å². The predicted octanol–water partition coefficient (Wildman–Crippen LogP) is 1.68. The molecule has 1 aromatic rings. The minimum Gasteiger partial charge on any atom is -0.348 e. The number of halogens is 1. The zero-order valence-electron chi connectivity index (χ0n) is 13.3. The van der Waals surface area contributed by atoms with Crippen LogP contribution >= 0.6 is 12.4 Å². The lowest BCUT2D eigenvalue weighted by atomic mass is 9.99. The first-order chi connectivity index (χ1) is 9.99. The molecule has 0 aromatic heterocycles. The van der Waals surface area contributed by atoms with Gasteiger partial charge in [0.05, 0.1) is 0 Å². The molecule has 0 radical (unpaired) electrons. The zero-order valence-corrected chi connectivity index (χ0v) is 14.1. The van der Waals surface area contributed by atoms with E-state index in [9.17, 15) is 9.59 Å². The van der Waals surface area contributed by atoms with Crippen molar-refractivity contribution in [1.82, 2.24) is 15.5 Å². The number of amides is 2. The fraction of sp³-hybridized carbons (Fsp3) is 0.500. The van der Waals surface area contributed by atoms with Crippen LogP contribution in [0.4, 0.5) is 0 Å². The van der Waals surface area contributed by atoms with Crippen molar-refractivity contribution in [2.24, 2.45) is 0 Å². The Morgan fingerprint density at radius 2 is 1.95 bits per heavy atom. The van der Waals surface area contributed by atoms with Crippen molar-refractivity contribution in [3.63, 3.8) is 0 Å². The van der Waals surface area contributed by atoms with Crippen LogP contribution in [0.15, 0.2) is 24.3 Å². The Bertz CT molecular complexity index is 534. The molecule has 22 heavy (non-hydrogen) atoms. The topological polar surface area (TPSA) is 61.4 Å².